The minimum absolute atomic E-state index is 0.143. The molecule has 2 atom stereocenters. The van der Waals surface area contributed by atoms with E-state index in [0.29, 0.717) is 16.0 Å². The van der Waals surface area contributed by atoms with Gasteiger partial charge < -0.3 is 5.73 Å². The van der Waals surface area contributed by atoms with Gasteiger partial charge in [-0.2, -0.15) is 0 Å². The number of nitrogens with two attached hydrogens (primary N) is 1. The SMILES string of the molecule is CN(CC(OO)c1ccccc1)S(=O)c1ccccc1-c1ccc(-c2cnc(N)c(F)c2)c(F)c1. The number of hydrogen-bond acceptors (Lipinski definition) is 5. The number of likely N-dealkylation sites (N-methyl/N-ethyl adjacent to an activating group) is 1. The van der Waals surface area contributed by atoms with Crippen LogP contribution in [0, 0.1) is 11.6 Å². The Kier molecular flexibility index (Phi) is 7.62. The summed E-state index contributed by atoms with van der Waals surface area (Å²) in [6.07, 6.45) is 0.601. The summed E-state index contributed by atoms with van der Waals surface area (Å²) in [6, 6.07) is 21.7. The van der Waals surface area contributed by atoms with E-state index < -0.39 is 28.7 Å². The smallest absolute Gasteiger partial charge is 0.165 e. The molecule has 3 aromatic carbocycles. The first-order valence-corrected chi connectivity index (χ1v) is 11.8. The molecule has 2 unspecified atom stereocenters. The van der Waals surface area contributed by atoms with Gasteiger partial charge >= 0.3 is 0 Å². The number of anilines is 1. The highest BCUT2D eigenvalue weighted by atomic mass is 32.2. The minimum atomic E-state index is -1.64. The van der Waals surface area contributed by atoms with Crippen molar-refractivity contribution in [1.29, 1.82) is 0 Å². The number of nitrogens with zero attached hydrogens (tertiary/aromatic N) is 2. The van der Waals surface area contributed by atoms with Gasteiger partial charge in [0, 0.05) is 30.9 Å². The molecule has 0 amide bonds. The quantitative estimate of drug-likeness (QED) is 0.250. The lowest BCUT2D eigenvalue weighted by Crippen LogP contribution is -2.28. The van der Waals surface area contributed by atoms with Gasteiger partial charge in [0.2, 0.25) is 0 Å². The summed E-state index contributed by atoms with van der Waals surface area (Å²) in [6.45, 7) is 0.143. The number of rotatable bonds is 8. The highest BCUT2D eigenvalue weighted by Crippen LogP contribution is 2.32. The third-order valence-electron chi connectivity index (χ3n) is 5.54. The maximum absolute atomic E-state index is 15.0. The molecule has 4 rings (SSSR count). The predicted molar refractivity (Wildman–Crippen MR) is 131 cm³/mol. The zero-order valence-electron chi connectivity index (χ0n) is 18.8. The second kappa shape index (κ2) is 10.8. The first-order valence-electron chi connectivity index (χ1n) is 10.7. The maximum atomic E-state index is 15.0. The summed E-state index contributed by atoms with van der Waals surface area (Å²) < 4.78 is 43.8. The van der Waals surface area contributed by atoms with E-state index in [9.17, 15) is 13.9 Å². The van der Waals surface area contributed by atoms with Gasteiger partial charge in [-0.25, -0.2) is 27.2 Å². The number of hydrogen-bond donors (Lipinski definition) is 2. The van der Waals surface area contributed by atoms with Gasteiger partial charge in [0.1, 0.15) is 22.9 Å². The highest BCUT2D eigenvalue weighted by molar-refractivity contribution is 7.82. The Morgan fingerprint density at radius 3 is 2.34 bits per heavy atom. The van der Waals surface area contributed by atoms with Gasteiger partial charge in [-0.1, -0.05) is 60.7 Å². The Bertz CT molecular complexity index is 1360. The average Bonchev–Trinajstić information content (AvgIpc) is 2.88. The molecule has 35 heavy (non-hydrogen) atoms. The van der Waals surface area contributed by atoms with Crippen molar-refractivity contribution >= 4 is 16.8 Å². The fourth-order valence-corrected chi connectivity index (χ4v) is 4.88. The van der Waals surface area contributed by atoms with Gasteiger partial charge in [0.15, 0.2) is 11.6 Å². The Labute approximate surface area is 204 Å². The monoisotopic (exact) mass is 495 g/mol. The summed E-state index contributed by atoms with van der Waals surface area (Å²) in [7, 11) is 0.00346. The average molecular weight is 496 g/mol. The molecule has 6 nitrogen and oxygen atoms in total. The molecule has 0 aliphatic rings. The molecular weight excluding hydrogens is 472 g/mol. The highest BCUT2D eigenvalue weighted by Gasteiger charge is 2.22. The summed E-state index contributed by atoms with van der Waals surface area (Å²) >= 11 is 0. The van der Waals surface area contributed by atoms with Gasteiger partial charge in [-0.15, -0.1) is 0 Å². The summed E-state index contributed by atoms with van der Waals surface area (Å²) in [4.78, 5) is 8.84. The molecule has 1 aromatic heterocycles. The van der Waals surface area contributed by atoms with E-state index in [1.54, 1.807) is 53.8 Å². The molecule has 0 aliphatic heterocycles. The second-order valence-corrected chi connectivity index (χ2v) is 9.41. The molecule has 180 valence electrons. The third kappa shape index (κ3) is 5.44. The van der Waals surface area contributed by atoms with Gasteiger partial charge in [-0.05, 0) is 34.9 Å². The molecule has 0 saturated heterocycles. The van der Waals surface area contributed by atoms with Gasteiger partial charge in [0.25, 0.3) is 0 Å². The van der Waals surface area contributed by atoms with Crippen LogP contribution in [0.3, 0.4) is 0 Å². The fraction of sp³-hybridized carbons (Fsp3) is 0.115. The molecular formula is C26H23F2N3O3S. The topological polar surface area (TPSA) is 88.7 Å². The number of benzene rings is 3. The van der Waals surface area contributed by atoms with E-state index in [0.717, 1.165) is 11.6 Å². The van der Waals surface area contributed by atoms with Crippen LogP contribution in [0.4, 0.5) is 14.6 Å². The third-order valence-corrected chi connectivity index (χ3v) is 6.99. The molecule has 0 radical (unpaired) electrons. The van der Waals surface area contributed by atoms with Crippen LogP contribution in [-0.4, -0.2) is 32.3 Å². The van der Waals surface area contributed by atoms with Crippen LogP contribution in [0.5, 0.6) is 0 Å². The van der Waals surface area contributed by atoms with Crippen LogP contribution in [0.2, 0.25) is 0 Å². The lowest BCUT2D eigenvalue weighted by Gasteiger charge is -2.22. The zero-order chi connectivity index (χ0) is 24.9. The predicted octanol–water partition coefficient (Wildman–Crippen LogP) is 5.46. The van der Waals surface area contributed by atoms with E-state index in [-0.39, 0.29) is 23.5 Å². The molecule has 0 saturated carbocycles. The van der Waals surface area contributed by atoms with Crippen LogP contribution < -0.4 is 5.73 Å². The summed E-state index contributed by atoms with van der Waals surface area (Å²) in [5.41, 5.74) is 7.65. The number of aromatic nitrogens is 1. The first-order chi connectivity index (χ1) is 16.9. The minimum Gasteiger partial charge on any atom is -0.381 e. The van der Waals surface area contributed by atoms with Gasteiger partial charge in [-0.3, -0.25) is 5.26 Å². The standard InChI is InChI=1S/C26H23F2N3O3S/c1-31(16-24(34-32)17-7-3-2-4-8-17)35(33)25-10-6-5-9-21(25)18-11-12-20(22(27)13-18)19-14-23(28)26(29)30-15-19/h2-15,24,32H,16H2,1H3,(H2,29,30). The summed E-state index contributed by atoms with van der Waals surface area (Å²) in [5.74, 6) is -1.57. The van der Waals surface area contributed by atoms with E-state index in [1.807, 2.05) is 18.2 Å². The van der Waals surface area contributed by atoms with E-state index in [2.05, 4.69) is 9.87 Å². The molecule has 0 aliphatic carbocycles. The molecule has 0 bridgehead atoms. The van der Waals surface area contributed by atoms with Crippen LogP contribution in [0.15, 0.2) is 90.0 Å². The Morgan fingerprint density at radius 2 is 1.66 bits per heavy atom. The maximum Gasteiger partial charge on any atom is 0.165 e. The second-order valence-electron chi connectivity index (χ2n) is 7.85. The molecule has 4 aromatic rings. The molecule has 9 heteroatoms. The Hall–Kier alpha value is -3.50. The van der Waals surface area contributed by atoms with Crippen molar-refractivity contribution in [2.24, 2.45) is 0 Å². The number of halogens is 2. The number of pyridine rings is 1. The van der Waals surface area contributed by atoms with Crippen LogP contribution in [0.1, 0.15) is 11.7 Å². The lowest BCUT2D eigenvalue weighted by atomic mass is 10.0. The van der Waals surface area contributed by atoms with Crippen molar-refractivity contribution in [2.45, 2.75) is 11.0 Å². The van der Waals surface area contributed by atoms with Crippen molar-refractivity contribution in [2.75, 3.05) is 19.3 Å². The van der Waals surface area contributed by atoms with Crippen LogP contribution >= 0.6 is 0 Å². The van der Waals surface area contributed by atoms with Crippen LogP contribution in [0.25, 0.3) is 22.3 Å². The van der Waals surface area contributed by atoms with Crippen molar-refractivity contribution in [3.8, 4) is 22.3 Å². The fourth-order valence-electron chi connectivity index (χ4n) is 3.71. The zero-order valence-corrected chi connectivity index (χ0v) is 19.6. The van der Waals surface area contributed by atoms with E-state index >= 15 is 4.39 Å². The largest absolute Gasteiger partial charge is 0.381 e. The van der Waals surface area contributed by atoms with Crippen molar-refractivity contribution in [1.82, 2.24) is 9.29 Å². The van der Waals surface area contributed by atoms with Crippen LogP contribution in [-0.2, 0) is 15.9 Å². The van der Waals surface area contributed by atoms with E-state index in [1.165, 1.54) is 18.3 Å². The lowest BCUT2D eigenvalue weighted by molar-refractivity contribution is -0.282. The Balaban J connectivity index is 1.62. The van der Waals surface area contributed by atoms with E-state index in [4.69, 9.17) is 5.73 Å². The molecule has 1 heterocycles. The summed E-state index contributed by atoms with van der Waals surface area (Å²) in [5, 5.41) is 9.39. The normalized spacial score (nSPS) is 13.1. The molecule has 3 N–H and O–H groups in total. The first kappa shape index (κ1) is 24.6. The molecule has 0 spiro atoms. The van der Waals surface area contributed by atoms with Gasteiger partial charge in [0.05, 0.1) is 4.90 Å². The van der Waals surface area contributed by atoms with Crippen molar-refractivity contribution in [3.63, 3.8) is 0 Å². The number of nitrogen functional groups attached to an aromatic ring is 1. The van der Waals surface area contributed by atoms with Crippen molar-refractivity contribution in [3.05, 3.63) is 102 Å². The Morgan fingerprint density at radius 1 is 0.971 bits per heavy atom. The van der Waals surface area contributed by atoms with Crippen molar-refractivity contribution < 1.29 is 23.1 Å². The molecule has 0 fully saturated rings.